The molecule has 0 aliphatic carbocycles. The number of benzene rings is 1. The van der Waals surface area contributed by atoms with Crippen LogP contribution in [0.25, 0.3) is 0 Å². The Labute approximate surface area is 120 Å². The number of nitrogens with one attached hydrogen (secondary N) is 1. The van der Waals surface area contributed by atoms with Crippen molar-refractivity contribution < 1.29 is 8.78 Å². The molecule has 0 spiro atoms. The summed E-state index contributed by atoms with van der Waals surface area (Å²) in [7, 11) is 0. The van der Waals surface area contributed by atoms with E-state index in [1.807, 2.05) is 0 Å². The van der Waals surface area contributed by atoms with Gasteiger partial charge in [-0.15, -0.1) is 0 Å². The molecule has 0 radical (unpaired) electrons. The minimum atomic E-state index is -0.446. The van der Waals surface area contributed by atoms with E-state index in [1.165, 1.54) is 24.6 Å². The van der Waals surface area contributed by atoms with Crippen LogP contribution in [0.3, 0.4) is 0 Å². The topological polar surface area (TPSA) is 15.3 Å². The second-order valence-corrected chi connectivity index (χ2v) is 6.08. The Morgan fingerprint density at radius 3 is 2.55 bits per heavy atom. The molecular weight excluding hydrogens is 258 g/mol. The summed E-state index contributed by atoms with van der Waals surface area (Å²) in [6.07, 6.45) is 2.34. The van der Waals surface area contributed by atoms with Crippen molar-refractivity contribution in [3.05, 3.63) is 35.4 Å². The molecule has 0 bridgehead atoms. The molecule has 0 aromatic heterocycles. The van der Waals surface area contributed by atoms with Gasteiger partial charge in [0, 0.05) is 31.2 Å². The molecule has 0 saturated carbocycles. The average Bonchev–Trinajstić information content (AvgIpc) is 2.86. The Morgan fingerprint density at radius 2 is 2.00 bits per heavy atom. The first-order valence-electron chi connectivity index (χ1n) is 7.45. The van der Waals surface area contributed by atoms with E-state index in [0.29, 0.717) is 18.5 Å². The maximum Gasteiger partial charge on any atom is 0.130 e. The van der Waals surface area contributed by atoms with E-state index in [2.05, 4.69) is 24.1 Å². The third kappa shape index (κ3) is 4.25. The molecule has 1 aliphatic heterocycles. The molecule has 1 atom stereocenters. The molecule has 1 fully saturated rings. The Morgan fingerprint density at radius 1 is 1.30 bits per heavy atom. The molecule has 0 amide bonds. The molecular formula is C16H24F2N2. The summed E-state index contributed by atoms with van der Waals surface area (Å²) in [5, 5.41) is 3.45. The van der Waals surface area contributed by atoms with Gasteiger partial charge in [-0.2, -0.15) is 0 Å². The lowest BCUT2D eigenvalue weighted by atomic mass is 10.1. The predicted molar refractivity (Wildman–Crippen MR) is 77.5 cm³/mol. The molecule has 2 nitrogen and oxygen atoms in total. The summed E-state index contributed by atoms with van der Waals surface area (Å²) in [5.74, 6) is -0.414. The minimum Gasteiger partial charge on any atom is -0.313 e. The molecule has 112 valence electrons. The Kier molecular flexibility index (Phi) is 5.49. The molecule has 1 aromatic carbocycles. The second kappa shape index (κ2) is 7.14. The fourth-order valence-electron chi connectivity index (χ4n) is 2.85. The van der Waals surface area contributed by atoms with E-state index in [-0.39, 0.29) is 5.56 Å². The molecule has 1 unspecified atom stereocenters. The zero-order valence-corrected chi connectivity index (χ0v) is 12.3. The standard InChI is InChI=1S/C16H24F2N2/c1-12(2)9-20(10-13-5-4-8-19-13)11-14-15(17)6-3-7-16(14)18/h3,6-7,12-13,19H,4-5,8-11H2,1-2H3. The van der Waals surface area contributed by atoms with Crippen LogP contribution in [0.1, 0.15) is 32.3 Å². The van der Waals surface area contributed by atoms with Crippen LogP contribution in [0.2, 0.25) is 0 Å². The highest BCUT2D eigenvalue weighted by Crippen LogP contribution is 2.17. The highest BCUT2D eigenvalue weighted by molar-refractivity contribution is 5.19. The van der Waals surface area contributed by atoms with Gasteiger partial charge in [0.05, 0.1) is 0 Å². The first-order chi connectivity index (χ1) is 9.56. The van der Waals surface area contributed by atoms with Crippen molar-refractivity contribution in [1.82, 2.24) is 10.2 Å². The molecule has 1 N–H and O–H groups in total. The van der Waals surface area contributed by atoms with Gasteiger partial charge in [0.1, 0.15) is 11.6 Å². The SMILES string of the molecule is CC(C)CN(Cc1c(F)cccc1F)CC1CCCN1. The lowest BCUT2D eigenvalue weighted by Crippen LogP contribution is -2.39. The molecule has 20 heavy (non-hydrogen) atoms. The molecule has 4 heteroatoms. The van der Waals surface area contributed by atoms with Gasteiger partial charge in [0.25, 0.3) is 0 Å². The Hall–Kier alpha value is -1.00. The van der Waals surface area contributed by atoms with Crippen molar-refractivity contribution in [2.24, 2.45) is 5.92 Å². The molecule has 2 rings (SSSR count). The zero-order valence-electron chi connectivity index (χ0n) is 12.3. The number of rotatable bonds is 6. The van der Waals surface area contributed by atoms with E-state index in [9.17, 15) is 8.78 Å². The smallest absolute Gasteiger partial charge is 0.130 e. The molecule has 1 aliphatic rings. The van der Waals surface area contributed by atoms with Crippen LogP contribution in [-0.2, 0) is 6.54 Å². The number of hydrogen-bond acceptors (Lipinski definition) is 2. The van der Waals surface area contributed by atoms with Crippen LogP contribution < -0.4 is 5.32 Å². The third-order valence-electron chi connectivity index (χ3n) is 3.71. The summed E-state index contributed by atoms with van der Waals surface area (Å²) in [5.41, 5.74) is 0.186. The van der Waals surface area contributed by atoms with Gasteiger partial charge in [-0.05, 0) is 37.4 Å². The first-order valence-corrected chi connectivity index (χ1v) is 7.45. The fourth-order valence-corrected chi connectivity index (χ4v) is 2.85. The van der Waals surface area contributed by atoms with Crippen molar-refractivity contribution >= 4 is 0 Å². The highest BCUT2D eigenvalue weighted by atomic mass is 19.1. The Balaban J connectivity index is 2.06. The predicted octanol–water partition coefficient (Wildman–Crippen LogP) is 3.17. The monoisotopic (exact) mass is 282 g/mol. The lowest BCUT2D eigenvalue weighted by molar-refractivity contribution is 0.211. The normalized spacial score (nSPS) is 19.2. The molecule has 1 saturated heterocycles. The zero-order chi connectivity index (χ0) is 14.5. The van der Waals surface area contributed by atoms with Crippen LogP contribution in [0.5, 0.6) is 0 Å². The van der Waals surface area contributed by atoms with Crippen LogP contribution >= 0.6 is 0 Å². The van der Waals surface area contributed by atoms with E-state index >= 15 is 0 Å². The molecule has 1 heterocycles. The highest BCUT2D eigenvalue weighted by Gasteiger charge is 2.20. The van der Waals surface area contributed by atoms with Gasteiger partial charge in [0.2, 0.25) is 0 Å². The van der Waals surface area contributed by atoms with Gasteiger partial charge < -0.3 is 5.32 Å². The minimum absolute atomic E-state index is 0.186. The van der Waals surface area contributed by atoms with Crippen molar-refractivity contribution in [2.45, 2.75) is 39.3 Å². The summed E-state index contributed by atoms with van der Waals surface area (Å²) in [6.45, 7) is 7.36. The van der Waals surface area contributed by atoms with Crippen molar-refractivity contribution in [3.63, 3.8) is 0 Å². The fraction of sp³-hybridized carbons (Fsp3) is 0.625. The molecule has 1 aromatic rings. The van der Waals surface area contributed by atoms with Gasteiger partial charge in [-0.25, -0.2) is 8.78 Å². The maximum absolute atomic E-state index is 13.8. The second-order valence-electron chi connectivity index (χ2n) is 6.08. The van der Waals surface area contributed by atoms with Crippen LogP contribution in [0, 0.1) is 17.6 Å². The lowest BCUT2D eigenvalue weighted by Gasteiger charge is -2.27. The largest absolute Gasteiger partial charge is 0.313 e. The average molecular weight is 282 g/mol. The van der Waals surface area contributed by atoms with Gasteiger partial charge in [-0.1, -0.05) is 19.9 Å². The van der Waals surface area contributed by atoms with Crippen molar-refractivity contribution in [3.8, 4) is 0 Å². The van der Waals surface area contributed by atoms with E-state index in [0.717, 1.165) is 26.1 Å². The third-order valence-corrected chi connectivity index (χ3v) is 3.71. The van der Waals surface area contributed by atoms with Gasteiger partial charge in [0.15, 0.2) is 0 Å². The van der Waals surface area contributed by atoms with Crippen molar-refractivity contribution in [1.29, 1.82) is 0 Å². The van der Waals surface area contributed by atoms with Crippen LogP contribution in [0.4, 0.5) is 8.78 Å². The van der Waals surface area contributed by atoms with Gasteiger partial charge in [-0.3, -0.25) is 4.90 Å². The Bertz CT molecular complexity index is 408. The maximum atomic E-state index is 13.8. The summed E-state index contributed by atoms with van der Waals surface area (Å²) in [4.78, 5) is 2.16. The van der Waals surface area contributed by atoms with Crippen LogP contribution in [0.15, 0.2) is 18.2 Å². The van der Waals surface area contributed by atoms with Gasteiger partial charge >= 0.3 is 0 Å². The van der Waals surface area contributed by atoms with Crippen LogP contribution in [-0.4, -0.2) is 30.6 Å². The van der Waals surface area contributed by atoms with E-state index in [4.69, 9.17) is 0 Å². The number of halogens is 2. The summed E-state index contributed by atoms with van der Waals surface area (Å²) >= 11 is 0. The number of nitrogens with zero attached hydrogens (tertiary/aromatic N) is 1. The van der Waals surface area contributed by atoms with E-state index in [1.54, 1.807) is 0 Å². The first kappa shape index (κ1) is 15.4. The number of hydrogen-bond donors (Lipinski definition) is 1. The quantitative estimate of drug-likeness (QED) is 0.862. The van der Waals surface area contributed by atoms with E-state index < -0.39 is 11.6 Å². The van der Waals surface area contributed by atoms with Crippen molar-refractivity contribution in [2.75, 3.05) is 19.6 Å². The summed E-state index contributed by atoms with van der Waals surface area (Å²) < 4.78 is 27.6. The summed E-state index contributed by atoms with van der Waals surface area (Å²) in [6, 6.07) is 4.53.